The Hall–Kier alpha value is -1.52. The molecule has 1 atom stereocenters. The number of methoxy groups -OCH3 is 1. The maximum absolute atomic E-state index is 11.2. The Morgan fingerprint density at radius 2 is 2.12 bits per heavy atom. The molecular weight excluding hydrogens is 324 g/mol. The third-order valence-corrected chi connectivity index (χ3v) is 4.19. The van der Waals surface area contributed by atoms with Crippen molar-refractivity contribution in [3.8, 4) is 0 Å². The summed E-state index contributed by atoms with van der Waals surface area (Å²) in [5, 5.41) is 0.688. The first-order valence-electron chi connectivity index (χ1n) is 8.38. The van der Waals surface area contributed by atoms with Crippen molar-refractivity contribution in [2.24, 2.45) is 5.92 Å². The molecule has 1 aromatic rings. The van der Waals surface area contributed by atoms with Crippen LogP contribution in [0.2, 0.25) is 5.02 Å². The molecule has 1 aromatic carbocycles. The lowest BCUT2D eigenvalue weighted by atomic mass is 9.91. The summed E-state index contributed by atoms with van der Waals surface area (Å²) in [5.74, 6) is 0.537. The lowest BCUT2D eigenvalue weighted by Crippen LogP contribution is -2.37. The normalized spacial score (nSPS) is 17.2. The molecule has 1 unspecified atom stereocenters. The first-order chi connectivity index (χ1) is 11.4. The van der Waals surface area contributed by atoms with Crippen LogP contribution in [0.3, 0.4) is 0 Å². The Balaban J connectivity index is 0.000000648. The molecule has 4 nitrogen and oxygen atoms in total. The van der Waals surface area contributed by atoms with Crippen LogP contribution in [0.15, 0.2) is 24.3 Å². The number of carbonyl (C=O) groups excluding carboxylic acids is 1. The van der Waals surface area contributed by atoms with Crippen LogP contribution in [0.5, 0.6) is 0 Å². The Morgan fingerprint density at radius 3 is 2.67 bits per heavy atom. The molecule has 1 aliphatic heterocycles. The molecule has 1 aliphatic rings. The second-order valence-electron chi connectivity index (χ2n) is 6.29. The fourth-order valence-corrected chi connectivity index (χ4v) is 2.85. The van der Waals surface area contributed by atoms with Crippen LogP contribution in [-0.4, -0.2) is 37.6 Å². The van der Waals surface area contributed by atoms with Gasteiger partial charge >= 0.3 is 0 Å². The molecule has 2 rings (SSSR count). The maximum Gasteiger partial charge on any atom is 0.210 e. The molecule has 24 heavy (non-hydrogen) atoms. The highest BCUT2D eigenvalue weighted by molar-refractivity contribution is 6.30. The van der Waals surface area contributed by atoms with E-state index in [2.05, 4.69) is 24.7 Å². The number of rotatable bonds is 5. The summed E-state index contributed by atoms with van der Waals surface area (Å²) in [6.45, 7) is 7.84. The predicted molar refractivity (Wildman–Crippen MR) is 102 cm³/mol. The lowest BCUT2D eigenvalue weighted by Gasteiger charge is -2.33. The molecule has 134 valence electrons. The van der Waals surface area contributed by atoms with E-state index in [0.29, 0.717) is 10.9 Å². The zero-order chi connectivity index (χ0) is 18.1. The molecular formula is C19H29ClN2O2. The average molecular weight is 353 g/mol. The summed E-state index contributed by atoms with van der Waals surface area (Å²) >= 11 is 6.06. The molecule has 0 radical (unpaired) electrons. The summed E-state index contributed by atoms with van der Waals surface area (Å²) in [7, 11) is 1.68. The van der Waals surface area contributed by atoms with Gasteiger partial charge < -0.3 is 15.4 Å². The van der Waals surface area contributed by atoms with Crippen LogP contribution in [0.1, 0.15) is 39.2 Å². The molecule has 0 saturated heterocycles. The highest BCUT2D eigenvalue weighted by atomic mass is 35.5. The van der Waals surface area contributed by atoms with Gasteiger partial charge in [0.05, 0.1) is 6.04 Å². The average Bonchev–Trinajstić information content (AvgIpc) is 2.56. The second-order valence-corrected chi connectivity index (χ2v) is 6.73. The monoisotopic (exact) mass is 352 g/mol. The zero-order valence-corrected chi connectivity index (χ0v) is 15.8. The van der Waals surface area contributed by atoms with Gasteiger partial charge in [-0.3, -0.25) is 4.79 Å². The minimum Gasteiger partial charge on any atom is -0.398 e. The van der Waals surface area contributed by atoms with Crippen molar-refractivity contribution in [2.45, 2.75) is 39.7 Å². The number of nitrogen functional groups attached to an aromatic ring is 1. The quantitative estimate of drug-likeness (QED) is 0.637. The zero-order valence-electron chi connectivity index (χ0n) is 15.1. The van der Waals surface area contributed by atoms with Crippen LogP contribution in [0.25, 0.3) is 5.57 Å². The molecule has 2 N–H and O–H groups in total. The number of anilines is 1. The van der Waals surface area contributed by atoms with Gasteiger partial charge in [0.1, 0.15) is 0 Å². The number of halogens is 1. The SMILES string of the molecule is CC(C)CC1C=C(c2cc(Cl)ccc2N)CCN1C=O.CCOC. The van der Waals surface area contributed by atoms with Crippen LogP contribution in [0, 0.1) is 5.92 Å². The third-order valence-electron chi connectivity index (χ3n) is 3.96. The van der Waals surface area contributed by atoms with Crippen LogP contribution < -0.4 is 5.73 Å². The van der Waals surface area contributed by atoms with Crippen LogP contribution in [-0.2, 0) is 9.53 Å². The minimum absolute atomic E-state index is 0.148. The van der Waals surface area contributed by atoms with Gasteiger partial charge in [0.2, 0.25) is 6.41 Å². The first-order valence-corrected chi connectivity index (χ1v) is 8.76. The minimum atomic E-state index is 0.148. The van der Waals surface area contributed by atoms with E-state index in [-0.39, 0.29) is 6.04 Å². The van der Waals surface area contributed by atoms with Gasteiger partial charge in [-0.2, -0.15) is 0 Å². The molecule has 1 heterocycles. The fraction of sp³-hybridized carbons (Fsp3) is 0.526. The maximum atomic E-state index is 11.2. The molecule has 0 aliphatic carbocycles. The van der Waals surface area contributed by atoms with Gasteiger partial charge in [-0.25, -0.2) is 0 Å². The highest BCUT2D eigenvalue weighted by Crippen LogP contribution is 2.32. The molecule has 0 saturated carbocycles. The first kappa shape index (κ1) is 20.5. The van der Waals surface area contributed by atoms with Crippen molar-refractivity contribution >= 4 is 29.3 Å². The Bertz CT molecular complexity index is 556. The van der Waals surface area contributed by atoms with Crippen molar-refractivity contribution in [3.63, 3.8) is 0 Å². The molecule has 1 amide bonds. The summed E-state index contributed by atoms with van der Waals surface area (Å²) < 4.78 is 4.54. The van der Waals surface area contributed by atoms with E-state index in [1.165, 1.54) is 5.57 Å². The number of carbonyl (C=O) groups is 1. The van der Waals surface area contributed by atoms with E-state index in [4.69, 9.17) is 17.3 Å². The number of nitrogens with zero attached hydrogens (tertiary/aromatic N) is 1. The number of ether oxygens (including phenoxy) is 1. The van der Waals surface area contributed by atoms with Crippen molar-refractivity contribution in [1.29, 1.82) is 0 Å². The Kier molecular flexibility index (Phi) is 8.87. The second kappa shape index (κ2) is 10.4. The predicted octanol–water partition coefficient (Wildman–Crippen LogP) is 4.24. The van der Waals surface area contributed by atoms with Crippen LogP contribution in [0.4, 0.5) is 5.69 Å². The van der Waals surface area contributed by atoms with E-state index in [1.807, 2.05) is 24.0 Å². The number of nitrogens with two attached hydrogens (primary N) is 1. The van der Waals surface area contributed by atoms with E-state index < -0.39 is 0 Å². The molecule has 5 heteroatoms. The van der Waals surface area contributed by atoms with Gasteiger partial charge in [-0.1, -0.05) is 31.5 Å². The van der Waals surface area contributed by atoms with Crippen molar-refractivity contribution in [1.82, 2.24) is 4.90 Å². The number of hydrogen-bond acceptors (Lipinski definition) is 3. The molecule has 0 fully saturated rings. The summed E-state index contributed by atoms with van der Waals surface area (Å²) in [5.41, 5.74) is 8.98. The smallest absolute Gasteiger partial charge is 0.210 e. The number of amides is 1. The van der Waals surface area contributed by atoms with Gasteiger partial charge in [-0.05, 0) is 49.5 Å². The lowest BCUT2D eigenvalue weighted by molar-refractivity contribution is -0.119. The van der Waals surface area contributed by atoms with E-state index in [1.54, 1.807) is 13.2 Å². The number of benzene rings is 1. The third kappa shape index (κ3) is 6.17. The van der Waals surface area contributed by atoms with Gasteiger partial charge in [0.25, 0.3) is 0 Å². The van der Waals surface area contributed by atoms with Gasteiger partial charge in [0.15, 0.2) is 0 Å². The molecule has 0 bridgehead atoms. The van der Waals surface area contributed by atoms with Crippen molar-refractivity contribution in [3.05, 3.63) is 34.9 Å². The number of hydrogen-bond donors (Lipinski definition) is 1. The standard InChI is InChI=1S/C16H21ClN2O.C3H8O/c1-11(2)7-14-8-12(5-6-19(14)10-20)15-9-13(17)3-4-16(15)18;1-3-4-2/h3-4,8-11,14H,5-7,18H2,1-2H3;3H2,1-2H3. The van der Waals surface area contributed by atoms with E-state index in [9.17, 15) is 4.79 Å². The summed E-state index contributed by atoms with van der Waals surface area (Å²) in [6.07, 6.45) is 4.89. The summed E-state index contributed by atoms with van der Waals surface area (Å²) in [4.78, 5) is 13.0. The summed E-state index contributed by atoms with van der Waals surface area (Å²) in [6, 6.07) is 5.69. The van der Waals surface area contributed by atoms with E-state index >= 15 is 0 Å². The van der Waals surface area contributed by atoms with Crippen molar-refractivity contribution in [2.75, 3.05) is 26.0 Å². The Morgan fingerprint density at radius 1 is 1.46 bits per heavy atom. The highest BCUT2D eigenvalue weighted by Gasteiger charge is 2.23. The fourth-order valence-electron chi connectivity index (χ4n) is 2.68. The Labute approximate surface area is 150 Å². The molecule has 0 aromatic heterocycles. The largest absolute Gasteiger partial charge is 0.398 e. The van der Waals surface area contributed by atoms with Crippen molar-refractivity contribution < 1.29 is 9.53 Å². The molecule has 0 spiro atoms. The van der Waals surface area contributed by atoms with Crippen LogP contribution >= 0.6 is 11.6 Å². The van der Waals surface area contributed by atoms with Gasteiger partial charge in [-0.15, -0.1) is 0 Å². The van der Waals surface area contributed by atoms with Gasteiger partial charge in [0, 0.05) is 36.5 Å². The topological polar surface area (TPSA) is 55.6 Å². The van der Waals surface area contributed by atoms with E-state index in [0.717, 1.165) is 43.7 Å².